The molecule has 1 aromatic carbocycles. The summed E-state index contributed by atoms with van der Waals surface area (Å²) in [5.41, 5.74) is 0.538. The maximum Gasteiger partial charge on any atom is 0.321 e. The van der Waals surface area contributed by atoms with Gasteiger partial charge in [0.1, 0.15) is 5.82 Å². The van der Waals surface area contributed by atoms with E-state index in [1.165, 1.54) is 24.3 Å². The average Bonchev–Trinajstić information content (AvgIpc) is 3.15. The Balaban J connectivity index is 1.52. The third-order valence-corrected chi connectivity index (χ3v) is 5.07. The number of piperidine rings is 1. The molecule has 25 heavy (non-hydrogen) atoms. The predicted molar refractivity (Wildman–Crippen MR) is 95.9 cm³/mol. The molecule has 2 heterocycles. The lowest BCUT2D eigenvalue weighted by molar-refractivity contribution is -0.126. The molecule has 0 bridgehead atoms. The van der Waals surface area contributed by atoms with Gasteiger partial charge >= 0.3 is 6.03 Å². The van der Waals surface area contributed by atoms with Crippen molar-refractivity contribution in [2.45, 2.75) is 19.4 Å². The monoisotopic (exact) mass is 361 g/mol. The molecular formula is C18H20FN3O2S. The lowest BCUT2D eigenvalue weighted by Crippen LogP contribution is -2.46. The van der Waals surface area contributed by atoms with Crippen LogP contribution in [0, 0.1) is 11.7 Å². The lowest BCUT2D eigenvalue weighted by Gasteiger charge is -2.32. The van der Waals surface area contributed by atoms with Crippen molar-refractivity contribution in [3.63, 3.8) is 0 Å². The molecule has 1 aliphatic rings. The van der Waals surface area contributed by atoms with Crippen LogP contribution in [-0.4, -0.2) is 29.9 Å². The predicted octanol–water partition coefficient (Wildman–Crippen LogP) is 3.45. The molecule has 3 amide bonds. The molecule has 132 valence electrons. The fourth-order valence-electron chi connectivity index (χ4n) is 2.84. The van der Waals surface area contributed by atoms with E-state index in [-0.39, 0.29) is 23.7 Å². The molecule has 7 heteroatoms. The Labute approximate surface area is 149 Å². The second kappa shape index (κ2) is 8.11. The number of urea groups is 1. The molecule has 1 aliphatic heterocycles. The molecule has 5 nitrogen and oxygen atoms in total. The maximum atomic E-state index is 12.9. The number of nitrogens with one attached hydrogen (secondary N) is 2. The number of thiophene rings is 1. The summed E-state index contributed by atoms with van der Waals surface area (Å²) in [5.74, 6) is -0.571. The first-order valence-electron chi connectivity index (χ1n) is 8.23. The number of amides is 3. The summed E-state index contributed by atoms with van der Waals surface area (Å²) in [6.07, 6.45) is 1.56. The van der Waals surface area contributed by atoms with Gasteiger partial charge < -0.3 is 15.5 Å². The first-order valence-corrected chi connectivity index (χ1v) is 9.11. The van der Waals surface area contributed by atoms with Crippen LogP contribution in [0.4, 0.5) is 14.9 Å². The van der Waals surface area contributed by atoms with Crippen molar-refractivity contribution in [2.75, 3.05) is 18.4 Å². The van der Waals surface area contributed by atoms with Gasteiger partial charge in [0.05, 0.1) is 12.5 Å². The summed E-state index contributed by atoms with van der Waals surface area (Å²) < 4.78 is 12.9. The van der Waals surface area contributed by atoms with Crippen LogP contribution in [0.15, 0.2) is 41.8 Å². The smallest absolute Gasteiger partial charge is 0.321 e. The van der Waals surface area contributed by atoms with Gasteiger partial charge in [-0.2, -0.15) is 0 Å². The highest BCUT2D eigenvalue weighted by molar-refractivity contribution is 7.09. The van der Waals surface area contributed by atoms with Crippen LogP contribution in [0.2, 0.25) is 0 Å². The van der Waals surface area contributed by atoms with Crippen LogP contribution in [-0.2, 0) is 11.3 Å². The Bertz CT molecular complexity index is 718. The van der Waals surface area contributed by atoms with Gasteiger partial charge in [0, 0.05) is 23.7 Å². The number of carbonyl (C=O) groups is 2. The van der Waals surface area contributed by atoms with Crippen LogP contribution in [0.5, 0.6) is 0 Å². The first-order chi connectivity index (χ1) is 12.1. The number of anilines is 1. The van der Waals surface area contributed by atoms with E-state index in [2.05, 4.69) is 10.6 Å². The summed E-state index contributed by atoms with van der Waals surface area (Å²) >= 11 is 1.60. The van der Waals surface area contributed by atoms with Crippen molar-refractivity contribution < 1.29 is 14.0 Å². The van der Waals surface area contributed by atoms with Crippen molar-refractivity contribution >= 4 is 29.0 Å². The number of nitrogens with zero attached hydrogens (tertiary/aromatic N) is 1. The Morgan fingerprint density at radius 1 is 1.24 bits per heavy atom. The number of benzene rings is 1. The van der Waals surface area contributed by atoms with Crippen molar-refractivity contribution in [3.8, 4) is 0 Å². The standard InChI is InChI=1S/C18H20FN3O2S/c19-14-5-7-15(8-6-14)21-18(24)22-9-1-3-13(12-22)17(23)20-11-16-4-2-10-25-16/h2,4-8,10,13H,1,3,9,11-12H2,(H,20,23)(H,21,24)/t13-/m1/s1. The van der Waals surface area contributed by atoms with Crippen LogP contribution in [0.3, 0.4) is 0 Å². The summed E-state index contributed by atoms with van der Waals surface area (Å²) in [6, 6.07) is 9.30. The van der Waals surface area contributed by atoms with Gasteiger partial charge in [-0.05, 0) is 48.6 Å². The van der Waals surface area contributed by atoms with Crippen LogP contribution in [0.1, 0.15) is 17.7 Å². The van der Waals surface area contributed by atoms with E-state index in [1.54, 1.807) is 16.2 Å². The highest BCUT2D eigenvalue weighted by atomic mass is 32.1. The van der Waals surface area contributed by atoms with Gasteiger partial charge in [0.2, 0.25) is 5.91 Å². The zero-order valence-corrected chi connectivity index (χ0v) is 14.5. The van der Waals surface area contributed by atoms with Crippen LogP contribution in [0.25, 0.3) is 0 Å². The minimum atomic E-state index is -0.349. The van der Waals surface area contributed by atoms with E-state index in [1.807, 2.05) is 17.5 Å². The highest BCUT2D eigenvalue weighted by Crippen LogP contribution is 2.19. The zero-order valence-electron chi connectivity index (χ0n) is 13.7. The van der Waals surface area contributed by atoms with E-state index in [4.69, 9.17) is 0 Å². The third kappa shape index (κ3) is 4.79. The quantitative estimate of drug-likeness (QED) is 0.876. The van der Waals surface area contributed by atoms with Crippen LogP contribution < -0.4 is 10.6 Å². The third-order valence-electron chi connectivity index (χ3n) is 4.19. The highest BCUT2D eigenvalue weighted by Gasteiger charge is 2.28. The van der Waals surface area contributed by atoms with Gasteiger partial charge in [-0.15, -0.1) is 11.3 Å². The van der Waals surface area contributed by atoms with Gasteiger partial charge in [0.25, 0.3) is 0 Å². The van der Waals surface area contributed by atoms with Crippen LogP contribution >= 0.6 is 11.3 Å². The molecule has 2 N–H and O–H groups in total. The summed E-state index contributed by atoms with van der Waals surface area (Å²) in [6.45, 7) is 1.53. The lowest BCUT2D eigenvalue weighted by atomic mass is 9.97. The summed E-state index contributed by atoms with van der Waals surface area (Å²) in [4.78, 5) is 27.5. The van der Waals surface area contributed by atoms with Gasteiger partial charge in [0.15, 0.2) is 0 Å². The minimum Gasteiger partial charge on any atom is -0.351 e. The van der Waals surface area contributed by atoms with E-state index >= 15 is 0 Å². The van der Waals surface area contributed by atoms with Crippen molar-refractivity contribution in [1.82, 2.24) is 10.2 Å². The fourth-order valence-corrected chi connectivity index (χ4v) is 3.49. The van der Waals surface area contributed by atoms with Gasteiger partial charge in [-0.25, -0.2) is 9.18 Å². The first kappa shape index (κ1) is 17.4. The zero-order chi connectivity index (χ0) is 17.6. The maximum absolute atomic E-state index is 12.9. The SMILES string of the molecule is O=C(NCc1cccs1)[C@@H]1CCCN(C(=O)Nc2ccc(F)cc2)C1. The Hall–Kier alpha value is -2.41. The average molecular weight is 361 g/mol. The Morgan fingerprint density at radius 2 is 2.04 bits per heavy atom. The molecule has 0 radical (unpaired) electrons. The molecular weight excluding hydrogens is 341 g/mol. The Kier molecular flexibility index (Phi) is 5.65. The number of halogens is 1. The molecule has 1 aromatic heterocycles. The molecule has 1 saturated heterocycles. The number of rotatable bonds is 4. The molecule has 0 unspecified atom stereocenters. The number of hydrogen-bond donors (Lipinski definition) is 2. The van der Waals surface area contributed by atoms with Crippen molar-refractivity contribution in [3.05, 3.63) is 52.5 Å². The second-order valence-electron chi connectivity index (χ2n) is 6.02. The van der Waals surface area contributed by atoms with E-state index in [9.17, 15) is 14.0 Å². The topological polar surface area (TPSA) is 61.4 Å². The number of hydrogen-bond acceptors (Lipinski definition) is 3. The minimum absolute atomic E-state index is 0.0207. The summed E-state index contributed by atoms with van der Waals surface area (Å²) in [5, 5.41) is 7.66. The second-order valence-corrected chi connectivity index (χ2v) is 7.05. The van der Waals surface area contributed by atoms with E-state index in [0.717, 1.165) is 17.7 Å². The van der Waals surface area contributed by atoms with Crippen molar-refractivity contribution in [1.29, 1.82) is 0 Å². The van der Waals surface area contributed by atoms with Gasteiger partial charge in [-0.1, -0.05) is 6.07 Å². The molecule has 0 aliphatic carbocycles. The fraction of sp³-hybridized carbons (Fsp3) is 0.333. The number of likely N-dealkylation sites (tertiary alicyclic amines) is 1. The van der Waals surface area contributed by atoms with E-state index < -0.39 is 0 Å². The molecule has 2 aromatic rings. The Morgan fingerprint density at radius 3 is 2.76 bits per heavy atom. The van der Waals surface area contributed by atoms with Gasteiger partial charge in [-0.3, -0.25) is 4.79 Å². The largest absolute Gasteiger partial charge is 0.351 e. The molecule has 0 spiro atoms. The van der Waals surface area contributed by atoms with Crippen molar-refractivity contribution in [2.24, 2.45) is 5.92 Å². The molecule has 1 fully saturated rings. The van der Waals surface area contributed by atoms with E-state index in [0.29, 0.717) is 25.3 Å². The normalized spacial score (nSPS) is 17.2. The summed E-state index contributed by atoms with van der Waals surface area (Å²) in [7, 11) is 0. The number of carbonyl (C=O) groups excluding carboxylic acids is 2. The molecule has 3 rings (SSSR count). The molecule has 0 saturated carbocycles. The molecule has 1 atom stereocenters.